The summed E-state index contributed by atoms with van der Waals surface area (Å²) in [4.78, 5) is 14.2. The lowest BCUT2D eigenvalue weighted by molar-refractivity contribution is -0.131. The van der Waals surface area contributed by atoms with Crippen molar-refractivity contribution in [3.8, 4) is 0 Å². The van der Waals surface area contributed by atoms with E-state index < -0.39 is 10.0 Å². The van der Waals surface area contributed by atoms with Gasteiger partial charge in [0, 0.05) is 30.7 Å². The van der Waals surface area contributed by atoms with Gasteiger partial charge in [0.05, 0.1) is 11.3 Å². The lowest BCUT2D eigenvalue weighted by Gasteiger charge is -2.34. The molecule has 0 N–H and O–H groups in total. The molecule has 1 fully saturated rings. The number of hydrogen-bond acceptors (Lipinski definition) is 3. The summed E-state index contributed by atoms with van der Waals surface area (Å²) in [7, 11) is -3.61. The van der Waals surface area contributed by atoms with Gasteiger partial charge < -0.3 is 4.90 Å². The maximum atomic E-state index is 13.2. The number of carbonyl (C=O) groups is 1. The highest BCUT2D eigenvalue weighted by Gasteiger charge is 2.31. The van der Waals surface area contributed by atoms with Crippen LogP contribution in [0.4, 0.5) is 4.39 Å². The van der Waals surface area contributed by atoms with Crippen molar-refractivity contribution in [3.05, 3.63) is 64.4 Å². The van der Waals surface area contributed by atoms with E-state index >= 15 is 0 Å². The van der Waals surface area contributed by atoms with Crippen LogP contribution in [-0.2, 0) is 21.2 Å². The predicted molar refractivity (Wildman–Crippen MR) is 99.6 cm³/mol. The summed E-state index contributed by atoms with van der Waals surface area (Å²) < 4.78 is 40.7. The zero-order valence-electron chi connectivity index (χ0n) is 13.9. The molecule has 1 saturated heterocycles. The first-order chi connectivity index (χ1) is 12.4. The molecule has 0 aliphatic carbocycles. The molecule has 26 heavy (non-hydrogen) atoms. The number of hydrogen-bond donors (Lipinski definition) is 0. The Labute approximate surface area is 160 Å². The summed E-state index contributed by atoms with van der Waals surface area (Å²) >= 11 is 3.28. The third-order valence-corrected chi connectivity index (χ3v) is 7.20. The monoisotopic (exact) mass is 440 g/mol. The fraction of sp³-hybridized carbons (Fsp3) is 0.278. The minimum absolute atomic E-state index is 0.106. The molecule has 0 saturated carbocycles. The number of nitrogens with zero attached hydrogens (tertiary/aromatic N) is 2. The summed E-state index contributed by atoms with van der Waals surface area (Å²) in [6.07, 6.45) is 0.106. The quantitative estimate of drug-likeness (QED) is 0.733. The zero-order valence-corrected chi connectivity index (χ0v) is 16.3. The van der Waals surface area contributed by atoms with Crippen LogP contribution < -0.4 is 0 Å². The van der Waals surface area contributed by atoms with E-state index in [0.29, 0.717) is 23.1 Å². The Hall–Kier alpha value is -1.77. The van der Waals surface area contributed by atoms with Crippen molar-refractivity contribution >= 4 is 31.9 Å². The average molecular weight is 441 g/mol. The van der Waals surface area contributed by atoms with Gasteiger partial charge in [0.1, 0.15) is 5.82 Å². The van der Waals surface area contributed by atoms with Crippen molar-refractivity contribution < 1.29 is 17.6 Å². The molecule has 2 aromatic rings. The molecule has 0 spiro atoms. The van der Waals surface area contributed by atoms with Crippen LogP contribution in [0.25, 0.3) is 0 Å². The molecule has 1 aliphatic heterocycles. The van der Waals surface area contributed by atoms with Crippen LogP contribution >= 0.6 is 15.9 Å². The molecule has 0 unspecified atom stereocenters. The molecule has 0 atom stereocenters. The number of carbonyl (C=O) groups excluding carboxylic acids is 1. The Bertz CT molecular complexity index is 912. The van der Waals surface area contributed by atoms with Crippen LogP contribution in [-0.4, -0.2) is 49.7 Å². The predicted octanol–water partition coefficient (Wildman–Crippen LogP) is 2.66. The normalized spacial score (nSPS) is 15.8. The van der Waals surface area contributed by atoms with Crippen LogP contribution in [0.3, 0.4) is 0 Å². The Kier molecular flexibility index (Phi) is 5.74. The molecule has 2 aromatic carbocycles. The second kappa shape index (κ2) is 7.85. The highest BCUT2D eigenvalue weighted by Crippen LogP contribution is 2.25. The van der Waals surface area contributed by atoms with Crippen molar-refractivity contribution in [2.75, 3.05) is 26.2 Å². The van der Waals surface area contributed by atoms with Gasteiger partial charge in [0.2, 0.25) is 15.9 Å². The molecule has 0 bridgehead atoms. The smallest absolute Gasteiger partial charge is 0.244 e. The van der Waals surface area contributed by atoms with Crippen LogP contribution in [0.15, 0.2) is 57.9 Å². The van der Waals surface area contributed by atoms with Crippen molar-refractivity contribution in [1.82, 2.24) is 9.21 Å². The van der Waals surface area contributed by atoms with Gasteiger partial charge in [-0.15, -0.1) is 0 Å². The molecule has 3 rings (SSSR count). The minimum atomic E-state index is -3.61. The first kappa shape index (κ1) is 19.0. The Morgan fingerprint density at radius 2 is 1.73 bits per heavy atom. The number of benzene rings is 2. The summed E-state index contributed by atoms with van der Waals surface area (Å²) in [6, 6.07) is 12.6. The van der Waals surface area contributed by atoms with Crippen molar-refractivity contribution in [2.45, 2.75) is 11.3 Å². The van der Waals surface area contributed by atoms with Crippen molar-refractivity contribution in [2.24, 2.45) is 0 Å². The summed E-state index contributed by atoms with van der Waals surface area (Å²) in [5, 5.41) is 0. The number of piperazine rings is 1. The van der Waals surface area contributed by atoms with Crippen molar-refractivity contribution in [3.63, 3.8) is 0 Å². The molecule has 1 heterocycles. The molecule has 138 valence electrons. The second-order valence-corrected chi connectivity index (χ2v) is 8.78. The Morgan fingerprint density at radius 1 is 1.04 bits per heavy atom. The molecular formula is C18H18BrFN2O3S. The molecule has 8 heteroatoms. The second-order valence-electron chi connectivity index (χ2n) is 6.02. The van der Waals surface area contributed by atoms with Gasteiger partial charge in [0.25, 0.3) is 0 Å². The van der Waals surface area contributed by atoms with Gasteiger partial charge in [-0.1, -0.05) is 24.3 Å². The van der Waals surface area contributed by atoms with Crippen molar-refractivity contribution in [1.29, 1.82) is 0 Å². The molecule has 0 radical (unpaired) electrons. The SMILES string of the molecule is O=C(Cc1cccc(F)c1)N1CCN(S(=O)(=O)c2ccccc2Br)CC1. The van der Waals surface area contributed by atoms with Gasteiger partial charge in [-0.3, -0.25) is 4.79 Å². The summed E-state index contributed by atoms with van der Waals surface area (Å²) in [6.45, 7) is 1.10. The first-order valence-corrected chi connectivity index (χ1v) is 10.4. The fourth-order valence-electron chi connectivity index (χ4n) is 2.90. The third-order valence-electron chi connectivity index (χ3n) is 4.29. The van der Waals surface area contributed by atoms with E-state index in [4.69, 9.17) is 0 Å². The van der Waals surface area contributed by atoms with Gasteiger partial charge in [0.15, 0.2) is 0 Å². The summed E-state index contributed by atoms with van der Waals surface area (Å²) in [5.41, 5.74) is 0.610. The van der Waals surface area contributed by atoms with E-state index in [1.807, 2.05) is 0 Å². The number of amides is 1. The van der Waals surface area contributed by atoms with E-state index in [1.54, 1.807) is 41.3 Å². The average Bonchev–Trinajstić information content (AvgIpc) is 2.62. The highest BCUT2D eigenvalue weighted by atomic mass is 79.9. The Morgan fingerprint density at radius 3 is 2.38 bits per heavy atom. The fourth-order valence-corrected chi connectivity index (χ4v) is 5.29. The van der Waals surface area contributed by atoms with Gasteiger partial charge in [-0.2, -0.15) is 4.31 Å². The minimum Gasteiger partial charge on any atom is -0.340 e. The van der Waals surface area contributed by atoms with Crippen LogP contribution in [0.2, 0.25) is 0 Å². The maximum absolute atomic E-state index is 13.2. The van der Waals surface area contributed by atoms with Gasteiger partial charge >= 0.3 is 0 Å². The molecule has 0 aromatic heterocycles. The van der Waals surface area contributed by atoms with Crippen LogP contribution in [0.1, 0.15) is 5.56 Å². The van der Waals surface area contributed by atoms with E-state index in [2.05, 4.69) is 15.9 Å². The van der Waals surface area contributed by atoms with Crippen LogP contribution in [0, 0.1) is 5.82 Å². The van der Waals surface area contributed by atoms with E-state index in [-0.39, 0.29) is 36.1 Å². The lowest BCUT2D eigenvalue weighted by atomic mass is 10.1. The topological polar surface area (TPSA) is 57.7 Å². The molecule has 1 aliphatic rings. The first-order valence-electron chi connectivity index (χ1n) is 8.15. The molecular weight excluding hydrogens is 423 g/mol. The standard InChI is InChI=1S/C18H18BrFN2O3S/c19-16-6-1-2-7-17(16)26(24,25)22-10-8-21(9-11-22)18(23)13-14-4-3-5-15(20)12-14/h1-7,12H,8-11,13H2. The number of halogens is 2. The van der Waals surface area contributed by atoms with E-state index in [9.17, 15) is 17.6 Å². The largest absolute Gasteiger partial charge is 0.340 e. The maximum Gasteiger partial charge on any atom is 0.244 e. The lowest BCUT2D eigenvalue weighted by Crippen LogP contribution is -2.50. The van der Waals surface area contributed by atoms with E-state index in [0.717, 1.165) is 0 Å². The zero-order chi connectivity index (χ0) is 18.7. The number of sulfonamides is 1. The van der Waals surface area contributed by atoms with Gasteiger partial charge in [-0.25, -0.2) is 12.8 Å². The van der Waals surface area contributed by atoms with E-state index in [1.165, 1.54) is 16.4 Å². The number of rotatable bonds is 4. The van der Waals surface area contributed by atoms with Crippen LogP contribution in [0.5, 0.6) is 0 Å². The third kappa shape index (κ3) is 4.13. The summed E-state index contributed by atoms with van der Waals surface area (Å²) in [5.74, 6) is -0.506. The highest BCUT2D eigenvalue weighted by molar-refractivity contribution is 9.10. The molecule has 5 nitrogen and oxygen atoms in total. The molecule has 1 amide bonds. The van der Waals surface area contributed by atoms with Gasteiger partial charge in [-0.05, 0) is 45.8 Å². The Balaban J connectivity index is 1.64.